The number of ether oxygens (including phenoxy) is 2. The molecule has 0 radical (unpaired) electrons. The maximum absolute atomic E-state index is 11.4. The number of hydrogen-bond acceptors (Lipinski definition) is 4. The van der Waals surface area contributed by atoms with Crippen molar-refractivity contribution in [3.63, 3.8) is 0 Å². The van der Waals surface area contributed by atoms with E-state index in [4.69, 9.17) is 9.47 Å². The second-order valence-electron chi connectivity index (χ2n) is 5.10. The van der Waals surface area contributed by atoms with Crippen molar-refractivity contribution in [2.24, 2.45) is 11.8 Å². The van der Waals surface area contributed by atoms with Crippen molar-refractivity contribution in [1.82, 2.24) is 0 Å². The Morgan fingerprint density at radius 2 is 1.95 bits per heavy atom. The summed E-state index contributed by atoms with van der Waals surface area (Å²) in [7, 11) is 3.07. The normalized spacial score (nSPS) is 22.6. The first kappa shape index (κ1) is 15.4. The largest absolute Gasteiger partial charge is 0.497 e. The lowest BCUT2D eigenvalue weighted by atomic mass is 9.77. The SMILES string of the molecule is COc1ccc(C(O)C2CC=CCC2C(=O)O)c(OC)c1. The Hall–Kier alpha value is -2.01. The summed E-state index contributed by atoms with van der Waals surface area (Å²) in [5.74, 6) is -0.704. The number of hydrogen-bond donors (Lipinski definition) is 2. The fourth-order valence-electron chi connectivity index (χ4n) is 2.76. The van der Waals surface area contributed by atoms with Gasteiger partial charge in [0.15, 0.2) is 0 Å². The maximum Gasteiger partial charge on any atom is 0.307 e. The first-order chi connectivity index (χ1) is 10.1. The molecular formula is C16H20O5. The average molecular weight is 292 g/mol. The minimum absolute atomic E-state index is 0.366. The van der Waals surface area contributed by atoms with Crippen molar-refractivity contribution in [1.29, 1.82) is 0 Å². The fraction of sp³-hybridized carbons (Fsp3) is 0.438. The zero-order valence-electron chi connectivity index (χ0n) is 12.2. The van der Waals surface area contributed by atoms with E-state index < -0.39 is 18.0 Å². The van der Waals surface area contributed by atoms with Crippen LogP contribution in [0.2, 0.25) is 0 Å². The van der Waals surface area contributed by atoms with Crippen molar-refractivity contribution in [2.75, 3.05) is 14.2 Å². The van der Waals surface area contributed by atoms with Crippen LogP contribution in [0.25, 0.3) is 0 Å². The minimum atomic E-state index is -0.892. The van der Waals surface area contributed by atoms with Gasteiger partial charge in [-0.2, -0.15) is 0 Å². The summed E-state index contributed by atoms with van der Waals surface area (Å²) in [6, 6.07) is 5.14. The van der Waals surface area contributed by atoms with E-state index in [1.54, 1.807) is 25.3 Å². The van der Waals surface area contributed by atoms with E-state index in [-0.39, 0.29) is 5.92 Å². The summed E-state index contributed by atoms with van der Waals surface area (Å²) in [5.41, 5.74) is 0.588. The van der Waals surface area contributed by atoms with Gasteiger partial charge in [-0.15, -0.1) is 0 Å². The lowest BCUT2D eigenvalue weighted by Gasteiger charge is -2.30. The molecule has 3 unspecified atom stereocenters. The minimum Gasteiger partial charge on any atom is -0.497 e. The molecule has 1 aliphatic carbocycles. The third kappa shape index (κ3) is 3.19. The molecular weight excluding hydrogens is 272 g/mol. The zero-order chi connectivity index (χ0) is 15.4. The van der Waals surface area contributed by atoms with Crippen LogP contribution < -0.4 is 9.47 Å². The first-order valence-electron chi connectivity index (χ1n) is 6.86. The van der Waals surface area contributed by atoms with Crippen LogP contribution in [0.15, 0.2) is 30.4 Å². The summed E-state index contributed by atoms with van der Waals surface area (Å²) in [6.45, 7) is 0. The second kappa shape index (κ2) is 6.63. The number of aliphatic hydroxyl groups is 1. The summed E-state index contributed by atoms with van der Waals surface area (Å²) < 4.78 is 10.4. The predicted octanol–water partition coefficient (Wildman–Crippen LogP) is 2.40. The molecule has 0 spiro atoms. The Balaban J connectivity index is 2.32. The molecule has 21 heavy (non-hydrogen) atoms. The number of benzene rings is 1. The quantitative estimate of drug-likeness (QED) is 0.815. The Morgan fingerprint density at radius 1 is 1.24 bits per heavy atom. The molecule has 114 valence electrons. The third-order valence-corrected chi connectivity index (χ3v) is 3.96. The highest BCUT2D eigenvalue weighted by atomic mass is 16.5. The van der Waals surface area contributed by atoms with Crippen LogP contribution in [0.4, 0.5) is 0 Å². The number of methoxy groups -OCH3 is 2. The molecule has 0 saturated carbocycles. The van der Waals surface area contributed by atoms with E-state index in [0.29, 0.717) is 29.9 Å². The van der Waals surface area contributed by atoms with Crippen molar-refractivity contribution in [3.8, 4) is 11.5 Å². The molecule has 3 atom stereocenters. The van der Waals surface area contributed by atoms with Crippen LogP contribution in [0.3, 0.4) is 0 Å². The molecule has 5 heteroatoms. The monoisotopic (exact) mass is 292 g/mol. The number of carboxylic acids is 1. The van der Waals surface area contributed by atoms with Crippen LogP contribution >= 0.6 is 0 Å². The van der Waals surface area contributed by atoms with E-state index in [1.165, 1.54) is 7.11 Å². The van der Waals surface area contributed by atoms with Gasteiger partial charge in [0.25, 0.3) is 0 Å². The van der Waals surface area contributed by atoms with Gasteiger partial charge >= 0.3 is 5.97 Å². The van der Waals surface area contributed by atoms with Gasteiger partial charge in [-0.1, -0.05) is 12.2 Å². The molecule has 0 aliphatic heterocycles. The smallest absolute Gasteiger partial charge is 0.307 e. The second-order valence-corrected chi connectivity index (χ2v) is 5.10. The average Bonchev–Trinajstić information content (AvgIpc) is 2.53. The molecule has 5 nitrogen and oxygen atoms in total. The van der Waals surface area contributed by atoms with Gasteiger partial charge in [0.2, 0.25) is 0 Å². The highest BCUT2D eigenvalue weighted by molar-refractivity contribution is 5.71. The zero-order valence-corrected chi connectivity index (χ0v) is 12.2. The van der Waals surface area contributed by atoms with Crippen molar-refractivity contribution >= 4 is 5.97 Å². The molecule has 2 rings (SSSR count). The molecule has 0 saturated heterocycles. The van der Waals surface area contributed by atoms with Gasteiger partial charge in [0, 0.05) is 17.5 Å². The highest BCUT2D eigenvalue weighted by Crippen LogP contribution is 2.40. The Morgan fingerprint density at radius 3 is 2.57 bits per heavy atom. The van der Waals surface area contributed by atoms with E-state index in [1.807, 2.05) is 12.2 Å². The maximum atomic E-state index is 11.4. The molecule has 0 amide bonds. The number of carboxylic acid groups (broad SMARTS) is 1. The fourth-order valence-corrected chi connectivity index (χ4v) is 2.76. The number of allylic oxidation sites excluding steroid dienone is 2. The molecule has 0 bridgehead atoms. The topological polar surface area (TPSA) is 76.0 Å². The van der Waals surface area contributed by atoms with Crippen LogP contribution in [-0.4, -0.2) is 30.4 Å². The summed E-state index contributed by atoms with van der Waals surface area (Å²) in [5, 5.41) is 19.9. The van der Waals surface area contributed by atoms with Gasteiger partial charge in [-0.3, -0.25) is 4.79 Å². The lowest BCUT2D eigenvalue weighted by molar-refractivity contribution is -0.145. The lowest BCUT2D eigenvalue weighted by Crippen LogP contribution is -2.30. The third-order valence-electron chi connectivity index (χ3n) is 3.96. The molecule has 0 fully saturated rings. The van der Waals surface area contributed by atoms with Crippen molar-refractivity contribution in [3.05, 3.63) is 35.9 Å². The number of carbonyl (C=O) groups is 1. The van der Waals surface area contributed by atoms with E-state index >= 15 is 0 Å². The molecule has 0 heterocycles. The molecule has 1 aromatic rings. The van der Waals surface area contributed by atoms with Gasteiger partial charge in [0.05, 0.1) is 26.2 Å². The summed E-state index contributed by atoms with van der Waals surface area (Å²) >= 11 is 0. The number of aliphatic hydroxyl groups excluding tert-OH is 1. The van der Waals surface area contributed by atoms with Crippen LogP contribution in [-0.2, 0) is 4.79 Å². The van der Waals surface area contributed by atoms with E-state index in [0.717, 1.165) is 0 Å². The summed E-state index contributed by atoms with van der Waals surface area (Å²) in [4.78, 5) is 11.4. The van der Waals surface area contributed by atoms with Gasteiger partial charge in [-0.05, 0) is 25.0 Å². The van der Waals surface area contributed by atoms with E-state index in [2.05, 4.69) is 0 Å². The standard InChI is InChI=1S/C16H20O5/c1-20-10-7-8-13(14(9-10)21-2)15(17)11-5-3-4-6-12(11)16(18)19/h3-4,7-9,11-12,15,17H,5-6H2,1-2H3,(H,18,19). The van der Waals surface area contributed by atoms with Crippen LogP contribution in [0, 0.1) is 11.8 Å². The summed E-state index contributed by atoms with van der Waals surface area (Å²) in [6.07, 6.45) is 3.86. The van der Waals surface area contributed by atoms with Gasteiger partial charge < -0.3 is 19.7 Å². The highest BCUT2D eigenvalue weighted by Gasteiger charge is 2.35. The van der Waals surface area contributed by atoms with Crippen LogP contribution in [0.5, 0.6) is 11.5 Å². The number of rotatable bonds is 5. The Bertz CT molecular complexity index is 537. The molecule has 1 aliphatic rings. The van der Waals surface area contributed by atoms with Crippen LogP contribution in [0.1, 0.15) is 24.5 Å². The van der Waals surface area contributed by atoms with Gasteiger partial charge in [-0.25, -0.2) is 0 Å². The van der Waals surface area contributed by atoms with Crippen molar-refractivity contribution < 1.29 is 24.5 Å². The molecule has 1 aromatic carbocycles. The predicted molar refractivity (Wildman–Crippen MR) is 77.5 cm³/mol. The van der Waals surface area contributed by atoms with E-state index in [9.17, 15) is 15.0 Å². The Labute approximate surface area is 123 Å². The number of aliphatic carboxylic acids is 1. The molecule has 2 N–H and O–H groups in total. The Kier molecular flexibility index (Phi) is 4.85. The first-order valence-corrected chi connectivity index (χ1v) is 6.86. The van der Waals surface area contributed by atoms with Gasteiger partial charge in [0.1, 0.15) is 11.5 Å². The van der Waals surface area contributed by atoms with Crippen molar-refractivity contribution in [2.45, 2.75) is 18.9 Å². The molecule has 0 aromatic heterocycles.